The van der Waals surface area contributed by atoms with Gasteiger partial charge in [-0.3, -0.25) is 0 Å². The van der Waals surface area contributed by atoms with Crippen molar-refractivity contribution in [3.05, 3.63) is 52.3 Å². The number of hydrogen-bond acceptors (Lipinski definition) is 2. The van der Waals surface area contributed by atoms with Crippen LogP contribution in [0, 0.1) is 5.82 Å². The number of hydrogen-bond donors (Lipinski definition) is 2. The zero-order valence-electron chi connectivity index (χ0n) is 12.4. The molecule has 2 rings (SSSR count). The molecule has 1 heterocycles. The Morgan fingerprint density at radius 2 is 2.05 bits per heavy atom. The lowest BCUT2D eigenvalue weighted by molar-refractivity contribution is 0.565. The number of aryl methyl sites for hydroxylation is 1. The number of nitrogens with one attached hydrogen (secondary N) is 2. The van der Waals surface area contributed by atoms with Gasteiger partial charge in [0, 0.05) is 19.0 Å². The Morgan fingerprint density at radius 1 is 1.33 bits per heavy atom. The smallest absolute Gasteiger partial charge is 0.151 e. The van der Waals surface area contributed by atoms with Crippen molar-refractivity contribution in [3.8, 4) is 0 Å². The van der Waals surface area contributed by atoms with Gasteiger partial charge in [0.05, 0.1) is 5.69 Å². The molecule has 0 saturated heterocycles. The van der Waals surface area contributed by atoms with Gasteiger partial charge in [0.1, 0.15) is 11.6 Å². The molecule has 114 valence electrons. The van der Waals surface area contributed by atoms with Gasteiger partial charge in [-0.2, -0.15) is 0 Å². The van der Waals surface area contributed by atoms with Gasteiger partial charge in [-0.15, -0.1) is 0 Å². The average molecular weight is 310 g/mol. The van der Waals surface area contributed by atoms with E-state index in [4.69, 9.17) is 11.6 Å². The second-order valence-electron chi connectivity index (χ2n) is 5.21. The molecule has 21 heavy (non-hydrogen) atoms. The third-order valence-electron chi connectivity index (χ3n) is 3.50. The van der Waals surface area contributed by atoms with Crippen LogP contribution >= 0.6 is 11.6 Å². The van der Waals surface area contributed by atoms with Gasteiger partial charge in [0.15, 0.2) is 5.15 Å². The minimum atomic E-state index is -0.219. The number of unbranched alkanes of at least 4 members (excludes halogenated alkanes) is 1. The lowest BCUT2D eigenvalue weighted by Gasteiger charge is -2.13. The van der Waals surface area contributed by atoms with Crippen molar-refractivity contribution < 1.29 is 4.39 Å². The molecule has 1 aromatic carbocycles. The number of rotatable bonds is 7. The quantitative estimate of drug-likeness (QED) is 0.796. The molecular formula is C16H21ClFN3. The topological polar surface area (TPSA) is 40.7 Å². The normalized spacial score (nSPS) is 12.6. The fourth-order valence-corrected chi connectivity index (χ4v) is 2.36. The van der Waals surface area contributed by atoms with Crippen molar-refractivity contribution in [3.63, 3.8) is 0 Å². The van der Waals surface area contributed by atoms with Gasteiger partial charge in [-0.05, 0) is 31.0 Å². The van der Waals surface area contributed by atoms with E-state index in [-0.39, 0.29) is 11.9 Å². The van der Waals surface area contributed by atoms with E-state index < -0.39 is 0 Å². The molecule has 2 aromatic rings. The molecule has 0 radical (unpaired) electrons. The number of nitrogens with zero attached hydrogens (tertiary/aromatic N) is 1. The minimum Gasteiger partial charge on any atom is -0.344 e. The zero-order chi connectivity index (χ0) is 15.2. The summed E-state index contributed by atoms with van der Waals surface area (Å²) in [6.45, 7) is 4.80. The summed E-state index contributed by atoms with van der Waals surface area (Å²) < 4.78 is 12.9. The van der Waals surface area contributed by atoms with E-state index in [1.54, 1.807) is 12.1 Å². The largest absolute Gasteiger partial charge is 0.344 e. The van der Waals surface area contributed by atoms with E-state index in [2.05, 4.69) is 22.2 Å². The Morgan fingerprint density at radius 3 is 2.71 bits per heavy atom. The molecule has 0 aliphatic carbocycles. The van der Waals surface area contributed by atoms with Crippen LogP contribution in [0.15, 0.2) is 24.3 Å². The van der Waals surface area contributed by atoms with E-state index in [1.165, 1.54) is 12.1 Å². The molecule has 2 N–H and O–H groups in total. The van der Waals surface area contributed by atoms with Crippen LogP contribution in [0.25, 0.3) is 0 Å². The van der Waals surface area contributed by atoms with E-state index in [9.17, 15) is 4.39 Å². The predicted molar refractivity (Wildman–Crippen MR) is 83.9 cm³/mol. The van der Waals surface area contributed by atoms with Crippen molar-refractivity contribution in [2.24, 2.45) is 0 Å². The summed E-state index contributed by atoms with van der Waals surface area (Å²) in [5, 5.41) is 3.89. The van der Waals surface area contributed by atoms with E-state index in [0.29, 0.717) is 11.7 Å². The second kappa shape index (κ2) is 7.57. The van der Waals surface area contributed by atoms with Crippen LogP contribution in [0.4, 0.5) is 4.39 Å². The maximum Gasteiger partial charge on any atom is 0.151 e. The SMILES string of the molecule is CCCCc1nc(Cl)c(CNC(C)c2ccc(F)cc2)[nH]1. The highest BCUT2D eigenvalue weighted by Crippen LogP contribution is 2.17. The molecule has 0 amide bonds. The highest BCUT2D eigenvalue weighted by Gasteiger charge is 2.10. The van der Waals surface area contributed by atoms with E-state index in [1.807, 2.05) is 6.92 Å². The number of H-pyrrole nitrogens is 1. The Balaban J connectivity index is 1.93. The Kier molecular flexibility index (Phi) is 5.76. The summed E-state index contributed by atoms with van der Waals surface area (Å²) in [7, 11) is 0. The summed E-state index contributed by atoms with van der Waals surface area (Å²) in [6.07, 6.45) is 3.15. The molecule has 1 unspecified atom stereocenters. The van der Waals surface area contributed by atoms with Crippen LogP contribution in [-0.4, -0.2) is 9.97 Å². The fraction of sp³-hybridized carbons (Fsp3) is 0.438. The first-order chi connectivity index (χ1) is 10.1. The third-order valence-corrected chi connectivity index (χ3v) is 3.81. The second-order valence-corrected chi connectivity index (χ2v) is 5.57. The molecule has 0 aliphatic rings. The van der Waals surface area contributed by atoms with Gasteiger partial charge in [-0.1, -0.05) is 37.1 Å². The van der Waals surface area contributed by atoms with Crippen molar-refractivity contribution in [1.82, 2.24) is 15.3 Å². The summed E-state index contributed by atoms with van der Waals surface area (Å²) in [5.74, 6) is 0.719. The highest BCUT2D eigenvalue weighted by atomic mass is 35.5. The van der Waals surface area contributed by atoms with Gasteiger partial charge >= 0.3 is 0 Å². The van der Waals surface area contributed by atoms with Gasteiger partial charge in [0.2, 0.25) is 0 Å². The van der Waals surface area contributed by atoms with E-state index >= 15 is 0 Å². The fourth-order valence-electron chi connectivity index (χ4n) is 2.14. The van der Waals surface area contributed by atoms with Gasteiger partial charge in [-0.25, -0.2) is 9.37 Å². The molecule has 0 saturated carbocycles. The number of imidazole rings is 1. The summed E-state index contributed by atoms with van der Waals surface area (Å²) >= 11 is 6.14. The van der Waals surface area contributed by atoms with Crippen LogP contribution < -0.4 is 5.32 Å². The summed E-state index contributed by atoms with van der Waals surface area (Å²) in [4.78, 5) is 7.60. The zero-order valence-corrected chi connectivity index (χ0v) is 13.2. The third kappa shape index (κ3) is 4.55. The number of aromatic amines is 1. The van der Waals surface area contributed by atoms with Crippen LogP contribution in [-0.2, 0) is 13.0 Å². The average Bonchev–Trinajstić information content (AvgIpc) is 2.83. The summed E-state index contributed by atoms with van der Waals surface area (Å²) in [6, 6.07) is 6.63. The van der Waals surface area contributed by atoms with Crippen molar-refractivity contribution in [2.75, 3.05) is 0 Å². The van der Waals surface area contributed by atoms with Crippen LogP contribution in [0.1, 0.15) is 49.8 Å². The molecule has 3 nitrogen and oxygen atoms in total. The summed E-state index contributed by atoms with van der Waals surface area (Å²) in [5.41, 5.74) is 1.94. The monoisotopic (exact) mass is 309 g/mol. The standard InChI is InChI=1S/C16H21ClFN3/c1-3-4-5-15-20-14(16(17)21-15)10-19-11(2)12-6-8-13(18)9-7-12/h6-9,11,19H,3-5,10H2,1-2H3,(H,20,21). The lowest BCUT2D eigenvalue weighted by atomic mass is 10.1. The number of benzene rings is 1. The molecular weight excluding hydrogens is 289 g/mol. The maximum absolute atomic E-state index is 12.9. The van der Waals surface area contributed by atoms with E-state index in [0.717, 1.165) is 36.3 Å². The molecule has 0 fully saturated rings. The molecule has 1 aromatic heterocycles. The van der Waals surface area contributed by atoms with Crippen molar-refractivity contribution >= 4 is 11.6 Å². The molecule has 5 heteroatoms. The Labute approximate surface area is 129 Å². The molecule has 1 atom stereocenters. The Hall–Kier alpha value is -1.39. The van der Waals surface area contributed by atoms with Crippen LogP contribution in [0.5, 0.6) is 0 Å². The maximum atomic E-state index is 12.9. The highest BCUT2D eigenvalue weighted by molar-refractivity contribution is 6.30. The minimum absolute atomic E-state index is 0.115. The van der Waals surface area contributed by atoms with Gasteiger partial charge < -0.3 is 10.3 Å². The first-order valence-corrected chi connectivity index (χ1v) is 7.70. The van der Waals surface area contributed by atoms with Crippen molar-refractivity contribution in [1.29, 1.82) is 0 Å². The first kappa shape index (κ1) is 16.0. The van der Waals surface area contributed by atoms with Crippen molar-refractivity contribution in [2.45, 2.75) is 45.7 Å². The van der Waals surface area contributed by atoms with Crippen LogP contribution in [0.3, 0.4) is 0 Å². The molecule has 0 aliphatic heterocycles. The number of aromatic nitrogens is 2. The Bertz CT molecular complexity index is 565. The first-order valence-electron chi connectivity index (χ1n) is 7.32. The van der Waals surface area contributed by atoms with Crippen LogP contribution in [0.2, 0.25) is 5.15 Å². The molecule has 0 bridgehead atoms. The van der Waals surface area contributed by atoms with Gasteiger partial charge in [0.25, 0.3) is 0 Å². The predicted octanol–water partition coefficient (Wildman–Crippen LogP) is 4.40. The number of halogens is 2. The molecule has 0 spiro atoms. The lowest BCUT2D eigenvalue weighted by Crippen LogP contribution is -2.18.